The maximum atomic E-state index is 12.3. The molecule has 0 spiro atoms. The van der Waals surface area contributed by atoms with Crippen molar-refractivity contribution in [2.75, 3.05) is 31.6 Å². The summed E-state index contributed by atoms with van der Waals surface area (Å²) in [7, 11) is 1.93. The van der Waals surface area contributed by atoms with E-state index >= 15 is 0 Å². The molecule has 1 atom stereocenters. The van der Waals surface area contributed by atoms with Crippen molar-refractivity contribution in [2.24, 2.45) is 5.73 Å². The highest BCUT2D eigenvalue weighted by Gasteiger charge is 2.24. The summed E-state index contributed by atoms with van der Waals surface area (Å²) in [5, 5.41) is 8.96. The third kappa shape index (κ3) is 4.30. The number of benzene rings is 1. The van der Waals surface area contributed by atoms with Gasteiger partial charge in [-0.05, 0) is 37.4 Å². The molecule has 3 N–H and O–H groups in total. The molecule has 1 amide bonds. The van der Waals surface area contributed by atoms with Crippen LogP contribution in [0.3, 0.4) is 0 Å². The number of nitrogens with zero attached hydrogens (tertiary/aromatic N) is 5. The first-order chi connectivity index (χ1) is 16.4. The fraction of sp³-hybridized carbons (Fsp3) is 0.217. The molecule has 34 heavy (non-hydrogen) atoms. The third-order valence-corrected chi connectivity index (χ3v) is 6.28. The smallest absolute Gasteiger partial charge is 0.242 e. The van der Waals surface area contributed by atoms with Crippen LogP contribution in [0.1, 0.15) is 11.8 Å². The molecule has 9 nitrogen and oxygen atoms in total. The van der Waals surface area contributed by atoms with Crippen LogP contribution in [0.2, 0.25) is 10.0 Å². The summed E-state index contributed by atoms with van der Waals surface area (Å²) in [6.45, 7) is 1.80. The third-order valence-electron chi connectivity index (χ3n) is 5.68. The Balaban J connectivity index is 1.41. The Morgan fingerprint density at radius 2 is 1.91 bits per heavy atom. The number of carbonyl (C=O) groups excluding carboxylic acids is 1. The Morgan fingerprint density at radius 1 is 1.12 bits per heavy atom. The standard InChI is InChI=1S/C23H21Cl2N7O2/c1-31-6-7-32(20(33)12-31)19-5-2-13(9-28-19)22-15-8-14(3-4-18(15)29-30-22)34-23(26)21-16(24)10-27-11-17(21)25/h2-5,8-11,23H,6-7,12,26H2,1H3,(H,29,30)/t23-/m0/s1. The number of fused-ring (bicyclic) bond motifs is 1. The summed E-state index contributed by atoms with van der Waals surface area (Å²) in [6, 6.07) is 9.22. The minimum atomic E-state index is -0.877. The zero-order valence-electron chi connectivity index (χ0n) is 18.2. The van der Waals surface area contributed by atoms with E-state index < -0.39 is 6.23 Å². The minimum absolute atomic E-state index is 0.0340. The number of likely N-dealkylation sites (N-methyl/N-ethyl adjacent to an activating group) is 1. The van der Waals surface area contributed by atoms with Crippen LogP contribution in [0.4, 0.5) is 5.82 Å². The lowest BCUT2D eigenvalue weighted by Crippen LogP contribution is -2.49. The van der Waals surface area contributed by atoms with Gasteiger partial charge in [-0.2, -0.15) is 5.10 Å². The summed E-state index contributed by atoms with van der Waals surface area (Å²) in [4.78, 5) is 24.5. The summed E-state index contributed by atoms with van der Waals surface area (Å²) >= 11 is 12.4. The molecule has 1 aromatic carbocycles. The van der Waals surface area contributed by atoms with E-state index in [0.29, 0.717) is 46.0 Å². The van der Waals surface area contributed by atoms with E-state index in [-0.39, 0.29) is 5.91 Å². The summed E-state index contributed by atoms with van der Waals surface area (Å²) in [5.41, 5.74) is 9.02. The molecule has 0 saturated carbocycles. The summed E-state index contributed by atoms with van der Waals surface area (Å²) < 4.78 is 5.93. The number of amides is 1. The molecule has 1 aliphatic heterocycles. The Hall–Kier alpha value is -3.24. The van der Waals surface area contributed by atoms with Crippen LogP contribution in [0.25, 0.3) is 22.2 Å². The number of ether oxygens (including phenoxy) is 1. The highest BCUT2D eigenvalue weighted by Crippen LogP contribution is 2.33. The number of aromatic nitrogens is 4. The molecule has 0 bridgehead atoms. The van der Waals surface area contributed by atoms with Gasteiger partial charge in [0, 0.05) is 48.2 Å². The van der Waals surface area contributed by atoms with Crippen molar-refractivity contribution in [1.82, 2.24) is 25.1 Å². The van der Waals surface area contributed by atoms with E-state index in [2.05, 4.69) is 20.2 Å². The Kier molecular flexibility index (Phi) is 6.09. The van der Waals surface area contributed by atoms with Crippen molar-refractivity contribution in [3.05, 3.63) is 64.5 Å². The topological polar surface area (TPSA) is 113 Å². The average Bonchev–Trinajstić information content (AvgIpc) is 3.22. The fourth-order valence-electron chi connectivity index (χ4n) is 3.90. The first-order valence-electron chi connectivity index (χ1n) is 10.6. The molecule has 1 fully saturated rings. The zero-order chi connectivity index (χ0) is 23.8. The van der Waals surface area contributed by atoms with Gasteiger partial charge >= 0.3 is 0 Å². The maximum absolute atomic E-state index is 12.3. The monoisotopic (exact) mass is 497 g/mol. The molecule has 5 rings (SSSR count). The molecule has 11 heteroatoms. The number of aromatic amines is 1. The van der Waals surface area contributed by atoms with Gasteiger partial charge in [-0.1, -0.05) is 23.2 Å². The van der Waals surface area contributed by atoms with Gasteiger partial charge in [0.25, 0.3) is 0 Å². The van der Waals surface area contributed by atoms with Gasteiger partial charge < -0.3 is 4.74 Å². The SMILES string of the molecule is CN1CCN(c2ccc(-c3n[nH]c4ccc(O[C@H](N)c5c(Cl)cncc5Cl)cc34)cn2)C(=O)C1. The zero-order valence-corrected chi connectivity index (χ0v) is 19.7. The van der Waals surface area contributed by atoms with E-state index in [1.54, 1.807) is 17.2 Å². The first-order valence-corrected chi connectivity index (χ1v) is 11.3. The molecular formula is C23H21Cl2N7O2. The van der Waals surface area contributed by atoms with E-state index in [4.69, 9.17) is 33.7 Å². The quantitative estimate of drug-likeness (QED) is 0.404. The van der Waals surface area contributed by atoms with Crippen LogP contribution >= 0.6 is 23.2 Å². The van der Waals surface area contributed by atoms with Crippen LogP contribution in [-0.2, 0) is 4.79 Å². The number of piperazine rings is 1. The van der Waals surface area contributed by atoms with E-state index in [1.165, 1.54) is 12.4 Å². The van der Waals surface area contributed by atoms with Gasteiger partial charge in [0.15, 0.2) is 6.23 Å². The number of nitrogens with two attached hydrogens (primary N) is 1. The van der Waals surface area contributed by atoms with Crippen molar-refractivity contribution in [1.29, 1.82) is 0 Å². The molecule has 0 unspecified atom stereocenters. The molecule has 174 valence electrons. The van der Waals surface area contributed by atoms with Crippen molar-refractivity contribution in [3.8, 4) is 17.0 Å². The number of H-pyrrole nitrogens is 1. The van der Waals surface area contributed by atoms with Crippen LogP contribution in [0, 0.1) is 0 Å². The number of hydrogen-bond acceptors (Lipinski definition) is 7. The minimum Gasteiger partial charge on any atom is -0.471 e. The van der Waals surface area contributed by atoms with Crippen molar-refractivity contribution >= 4 is 45.8 Å². The van der Waals surface area contributed by atoms with Crippen molar-refractivity contribution < 1.29 is 9.53 Å². The second kappa shape index (κ2) is 9.19. The van der Waals surface area contributed by atoms with Crippen molar-refractivity contribution in [3.63, 3.8) is 0 Å². The summed E-state index contributed by atoms with van der Waals surface area (Å²) in [5.74, 6) is 1.19. The van der Waals surface area contributed by atoms with Gasteiger partial charge in [-0.25, -0.2) is 4.98 Å². The highest BCUT2D eigenvalue weighted by atomic mass is 35.5. The number of nitrogens with one attached hydrogen (secondary N) is 1. The second-order valence-electron chi connectivity index (χ2n) is 8.02. The normalized spacial score (nSPS) is 15.6. The lowest BCUT2D eigenvalue weighted by Gasteiger charge is -2.31. The number of carbonyl (C=O) groups is 1. The number of hydrogen-bond donors (Lipinski definition) is 2. The fourth-order valence-corrected chi connectivity index (χ4v) is 4.48. The van der Waals surface area contributed by atoms with Crippen LogP contribution < -0.4 is 15.4 Å². The van der Waals surface area contributed by atoms with Gasteiger partial charge in [0.1, 0.15) is 17.3 Å². The first kappa shape index (κ1) is 22.5. The van der Waals surface area contributed by atoms with Crippen molar-refractivity contribution in [2.45, 2.75) is 6.23 Å². The van der Waals surface area contributed by atoms with E-state index in [9.17, 15) is 4.79 Å². The van der Waals surface area contributed by atoms with Gasteiger partial charge in [-0.15, -0.1) is 0 Å². The molecular weight excluding hydrogens is 477 g/mol. The lowest BCUT2D eigenvalue weighted by atomic mass is 10.1. The predicted molar refractivity (Wildman–Crippen MR) is 131 cm³/mol. The number of rotatable bonds is 5. The Bertz CT molecular complexity index is 1340. The van der Waals surface area contributed by atoms with Gasteiger partial charge in [0.2, 0.25) is 5.91 Å². The van der Waals surface area contributed by atoms with Gasteiger partial charge in [-0.3, -0.25) is 30.4 Å². The average molecular weight is 498 g/mol. The largest absolute Gasteiger partial charge is 0.471 e. The predicted octanol–water partition coefficient (Wildman–Crippen LogP) is 3.64. The van der Waals surface area contributed by atoms with E-state index in [1.807, 2.05) is 36.2 Å². The Labute approximate surface area is 205 Å². The second-order valence-corrected chi connectivity index (χ2v) is 8.84. The Morgan fingerprint density at radius 3 is 2.62 bits per heavy atom. The molecule has 1 saturated heterocycles. The van der Waals surface area contributed by atoms with E-state index in [0.717, 1.165) is 23.0 Å². The lowest BCUT2D eigenvalue weighted by molar-refractivity contribution is -0.120. The van der Waals surface area contributed by atoms with Crippen LogP contribution in [-0.4, -0.2) is 57.7 Å². The number of pyridine rings is 2. The molecule has 1 aliphatic rings. The van der Waals surface area contributed by atoms with Gasteiger partial charge in [0.05, 0.1) is 22.1 Å². The maximum Gasteiger partial charge on any atom is 0.242 e. The van der Waals surface area contributed by atoms with Crippen LogP contribution in [0.5, 0.6) is 5.75 Å². The van der Waals surface area contributed by atoms with Crippen LogP contribution in [0.15, 0.2) is 48.9 Å². The molecule has 4 heterocycles. The summed E-state index contributed by atoms with van der Waals surface area (Å²) in [6.07, 6.45) is 3.77. The highest BCUT2D eigenvalue weighted by molar-refractivity contribution is 6.35. The molecule has 4 aromatic rings. The molecule has 3 aromatic heterocycles. The number of anilines is 1. The molecule has 0 aliphatic carbocycles. The number of halogens is 2. The molecule has 0 radical (unpaired) electrons.